The fourth-order valence-corrected chi connectivity index (χ4v) is 1.42. The van der Waals surface area contributed by atoms with Gasteiger partial charge in [-0.05, 0) is 19.1 Å². The number of nitrogens with two attached hydrogens (primary N) is 2. The molecule has 0 unspecified atom stereocenters. The molecule has 2 amide bonds. The lowest BCUT2D eigenvalue weighted by Crippen LogP contribution is -2.38. The Morgan fingerprint density at radius 1 is 1.42 bits per heavy atom. The number of nitrogens with zero attached hydrogens (tertiary/aromatic N) is 2. The van der Waals surface area contributed by atoms with Crippen LogP contribution in [-0.2, 0) is 4.79 Å². The summed E-state index contributed by atoms with van der Waals surface area (Å²) in [6, 6.07) is 3.24. The summed E-state index contributed by atoms with van der Waals surface area (Å²) in [6.45, 7) is 2.30. The molecule has 0 radical (unpaired) electrons. The summed E-state index contributed by atoms with van der Waals surface area (Å²) in [5.74, 6) is 4.62. The minimum absolute atomic E-state index is 0.119. The number of primary amides is 1. The van der Waals surface area contributed by atoms with Crippen molar-refractivity contribution in [2.75, 3.05) is 19.6 Å². The summed E-state index contributed by atoms with van der Waals surface area (Å²) in [7, 11) is 0. The maximum absolute atomic E-state index is 12.0. The predicted octanol–water partition coefficient (Wildman–Crippen LogP) is -0.661. The number of aromatic nitrogens is 1. The number of hydrogen-bond donors (Lipinski definition) is 2. The summed E-state index contributed by atoms with van der Waals surface area (Å²) in [5.41, 5.74) is 11.3. The van der Waals surface area contributed by atoms with E-state index in [1.165, 1.54) is 11.1 Å². The van der Waals surface area contributed by atoms with E-state index in [0.717, 1.165) is 0 Å². The highest BCUT2D eigenvalue weighted by molar-refractivity contribution is 5.94. The Morgan fingerprint density at radius 2 is 2.16 bits per heavy atom. The van der Waals surface area contributed by atoms with Gasteiger partial charge in [-0.25, -0.2) is 4.98 Å². The molecule has 0 aliphatic carbocycles. The van der Waals surface area contributed by atoms with Crippen molar-refractivity contribution >= 4 is 11.8 Å². The number of pyridine rings is 1. The summed E-state index contributed by atoms with van der Waals surface area (Å²) in [6.07, 6.45) is 1.49. The molecule has 0 saturated carbocycles. The van der Waals surface area contributed by atoms with Crippen LogP contribution in [-0.4, -0.2) is 41.3 Å². The molecule has 1 aromatic heterocycles. The molecule has 0 aliphatic rings. The maximum atomic E-state index is 12.0. The molecule has 6 heteroatoms. The number of rotatable bonds is 4. The standard InChI is InChI=1S/C13H16N4O2/c1-2-17(9-12(15)18)13(19)11-6-5-10(8-16-11)4-3-7-14/h5-6,8H,2,7,9,14H2,1H3,(H2,15,18). The summed E-state index contributed by atoms with van der Waals surface area (Å²) in [5, 5.41) is 0. The van der Waals surface area contributed by atoms with Gasteiger partial charge in [-0.15, -0.1) is 0 Å². The van der Waals surface area contributed by atoms with Crippen LogP contribution in [0.3, 0.4) is 0 Å². The molecule has 4 N–H and O–H groups in total. The smallest absolute Gasteiger partial charge is 0.272 e. The second-order valence-corrected chi connectivity index (χ2v) is 3.72. The largest absolute Gasteiger partial charge is 0.368 e. The van der Waals surface area contributed by atoms with Crippen LogP contribution >= 0.6 is 0 Å². The highest BCUT2D eigenvalue weighted by atomic mass is 16.2. The Hall–Kier alpha value is -2.39. The first-order valence-electron chi connectivity index (χ1n) is 5.81. The van der Waals surface area contributed by atoms with E-state index >= 15 is 0 Å². The Kier molecular flexibility index (Phi) is 5.51. The van der Waals surface area contributed by atoms with Crippen molar-refractivity contribution in [1.29, 1.82) is 0 Å². The van der Waals surface area contributed by atoms with Gasteiger partial charge in [0.2, 0.25) is 5.91 Å². The third-order valence-electron chi connectivity index (χ3n) is 2.33. The average Bonchev–Trinajstić information content (AvgIpc) is 2.42. The third kappa shape index (κ3) is 4.41. The van der Waals surface area contributed by atoms with E-state index in [1.54, 1.807) is 19.1 Å². The van der Waals surface area contributed by atoms with Gasteiger partial charge in [0.15, 0.2) is 0 Å². The highest BCUT2D eigenvalue weighted by Gasteiger charge is 2.16. The monoisotopic (exact) mass is 260 g/mol. The lowest BCUT2D eigenvalue weighted by molar-refractivity contribution is -0.118. The summed E-state index contributed by atoms with van der Waals surface area (Å²) >= 11 is 0. The minimum Gasteiger partial charge on any atom is -0.368 e. The normalized spacial score (nSPS) is 9.37. The maximum Gasteiger partial charge on any atom is 0.272 e. The van der Waals surface area contributed by atoms with E-state index in [-0.39, 0.29) is 24.7 Å². The van der Waals surface area contributed by atoms with Crippen molar-refractivity contribution in [3.8, 4) is 11.8 Å². The van der Waals surface area contributed by atoms with Gasteiger partial charge in [-0.3, -0.25) is 9.59 Å². The van der Waals surface area contributed by atoms with E-state index in [4.69, 9.17) is 11.5 Å². The fraction of sp³-hybridized carbons (Fsp3) is 0.308. The molecular formula is C13H16N4O2. The van der Waals surface area contributed by atoms with Gasteiger partial charge in [0, 0.05) is 18.3 Å². The van der Waals surface area contributed by atoms with Crippen molar-refractivity contribution in [3.63, 3.8) is 0 Å². The molecule has 0 aliphatic heterocycles. The highest BCUT2D eigenvalue weighted by Crippen LogP contribution is 2.03. The Labute approximate surface area is 111 Å². The topological polar surface area (TPSA) is 102 Å². The van der Waals surface area contributed by atoms with Crippen LogP contribution in [0.2, 0.25) is 0 Å². The second-order valence-electron chi connectivity index (χ2n) is 3.72. The zero-order chi connectivity index (χ0) is 14.3. The van der Waals surface area contributed by atoms with Crippen LogP contribution in [0.4, 0.5) is 0 Å². The van der Waals surface area contributed by atoms with E-state index < -0.39 is 5.91 Å². The van der Waals surface area contributed by atoms with Crippen molar-refractivity contribution in [2.45, 2.75) is 6.92 Å². The molecule has 0 spiro atoms. The van der Waals surface area contributed by atoms with Gasteiger partial charge in [0.05, 0.1) is 13.1 Å². The Morgan fingerprint density at radius 3 is 2.63 bits per heavy atom. The van der Waals surface area contributed by atoms with Gasteiger partial charge in [-0.2, -0.15) is 0 Å². The summed E-state index contributed by atoms with van der Waals surface area (Å²) < 4.78 is 0. The number of hydrogen-bond acceptors (Lipinski definition) is 4. The van der Waals surface area contributed by atoms with Crippen molar-refractivity contribution in [1.82, 2.24) is 9.88 Å². The van der Waals surface area contributed by atoms with Gasteiger partial charge >= 0.3 is 0 Å². The van der Waals surface area contributed by atoms with Crippen LogP contribution < -0.4 is 11.5 Å². The predicted molar refractivity (Wildman–Crippen MR) is 70.9 cm³/mol. The summed E-state index contributed by atoms with van der Waals surface area (Å²) in [4.78, 5) is 28.2. The molecule has 19 heavy (non-hydrogen) atoms. The zero-order valence-corrected chi connectivity index (χ0v) is 10.7. The fourth-order valence-electron chi connectivity index (χ4n) is 1.42. The molecule has 0 aromatic carbocycles. The Bertz CT molecular complexity index is 514. The van der Waals surface area contributed by atoms with Crippen molar-refractivity contribution < 1.29 is 9.59 Å². The number of likely N-dealkylation sites (N-methyl/N-ethyl adjacent to an activating group) is 1. The molecule has 0 atom stereocenters. The third-order valence-corrected chi connectivity index (χ3v) is 2.33. The molecular weight excluding hydrogens is 244 g/mol. The van der Waals surface area contributed by atoms with E-state index in [0.29, 0.717) is 12.1 Å². The van der Waals surface area contributed by atoms with Crippen molar-refractivity contribution in [2.24, 2.45) is 11.5 Å². The first kappa shape index (κ1) is 14.7. The van der Waals surface area contributed by atoms with Crippen LogP contribution in [0.15, 0.2) is 18.3 Å². The molecule has 0 saturated heterocycles. The number of carbonyl (C=O) groups is 2. The van der Waals surface area contributed by atoms with Crippen LogP contribution in [0.1, 0.15) is 23.0 Å². The number of carbonyl (C=O) groups excluding carboxylic acids is 2. The average molecular weight is 260 g/mol. The number of amides is 2. The van der Waals surface area contributed by atoms with E-state index in [1.807, 2.05) is 0 Å². The molecule has 1 aromatic rings. The quantitative estimate of drug-likeness (QED) is 0.701. The second kappa shape index (κ2) is 7.13. The molecule has 1 rings (SSSR count). The zero-order valence-electron chi connectivity index (χ0n) is 10.7. The van der Waals surface area contributed by atoms with Crippen LogP contribution in [0.5, 0.6) is 0 Å². The molecule has 100 valence electrons. The van der Waals surface area contributed by atoms with Crippen LogP contribution in [0.25, 0.3) is 0 Å². The SMILES string of the molecule is CCN(CC(N)=O)C(=O)c1ccc(C#CCN)cn1. The lowest BCUT2D eigenvalue weighted by Gasteiger charge is -2.18. The minimum atomic E-state index is -0.555. The molecule has 0 fully saturated rings. The first-order valence-corrected chi connectivity index (χ1v) is 5.81. The lowest BCUT2D eigenvalue weighted by atomic mass is 10.2. The molecule has 1 heterocycles. The van der Waals surface area contributed by atoms with E-state index in [2.05, 4.69) is 16.8 Å². The molecule has 6 nitrogen and oxygen atoms in total. The first-order chi connectivity index (χ1) is 9.08. The van der Waals surface area contributed by atoms with Crippen molar-refractivity contribution in [3.05, 3.63) is 29.6 Å². The van der Waals surface area contributed by atoms with Gasteiger partial charge in [-0.1, -0.05) is 11.8 Å². The van der Waals surface area contributed by atoms with Gasteiger partial charge in [0.25, 0.3) is 5.91 Å². The molecule has 0 bridgehead atoms. The van der Waals surface area contributed by atoms with E-state index in [9.17, 15) is 9.59 Å². The van der Waals surface area contributed by atoms with Gasteiger partial charge < -0.3 is 16.4 Å². The van der Waals surface area contributed by atoms with Crippen LogP contribution in [0, 0.1) is 11.8 Å². The van der Waals surface area contributed by atoms with Gasteiger partial charge in [0.1, 0.15) is 5.69 Å². The Balaban J connectivity index is 2.84.